The van der Waals surface area contributed by atoms with E-state index in [1.165, 1.54) is 0 Å². The molecule has 2 aromatic heterocycles. The summed E-state index contributed by atoms with van der Waals surface area (Å²) in [4.78, 5) is 30.4. The number of rotatable bonds is 5. The lowest BCUT2D eigenvalue weighted by Gasteiger charge is -2.13. The largest absolute Gasteiger partial charge is 0.330 e. The molecule has 110 valence electrons. The van der Waals surface area contributed by atoms with Crippen LogP contribution in [0.25, 0.3) is 11.2 Å². The van der Waals surface area contributed by atoms with Gasteiger partial charge in [-0.3, -0.25) is 14.3 Å². The zero-order valence-corrected chi connectivity index (χ0v) is 12.5. The smallest absolute Gasteiger partial charge is 0.316 e. The molecular formula is C14H22N4O2. The maximum atomic E-state index is 12.0. The van der Waals surface area contributed by atoms with Gasteiger partial charge in [0.2, 0.25) is 0 Å². The Morgan fingerprint density at radius 3 is 2.50 bits per heavy atom. The standard InChI is InChI=1S/C14H22N4O2/c1-9(2)5-6-17-8-15-11-12(19)16-14(20)18(13(11)17)7-10(3)4/h8-10H,5-7H2,1-4H3,(H,16,19,20). The molecule has 0 spiro atoms. The predicted molar refractivity (Wildman–Crippen MR) is 78.9 cm³/mol. The minimum absolute atomic E-state index is 0.315. The van der Waals surface area contributed by atoms with Crippen molar-refractivity contribution < 1.29 is 0 Å². The molecule has 0 saturated carbocycles. The zero-order chi connectivity index (χ0) is 14.9. The first-order valence-electron chi connectivity index (χ1n) is 7.08. The Morgan fingerprint density at radius 1 is 1.20 bits per heavy atom. The minimum Gasteiger partial charge on any atom is -0.316 e. The fourth-order valence-electron chi connectivity index (χ4n) is 2.23. The SMILES string of the molecule is CC(C)CCn1cnc2c(=O)[nH]c(=O)n(CC(C)C)c21. The van der Waals surface area contributed by atoms with E-state index in [2.05, 4.69) is 23.8 Å². The van der Waals surface area contributed by atoms with Crippen LogP contribution in [-0.4, -0.2) is 19.1 Å². The van der Waals surface area contributed by atoms with Gasteiger partial charge in [-0.1, -0.05) is 27.7 Å². The molecule has 0 amide bonds. The van der Waals surface area contributed by atoms with Gasteiger partial charge in [0.05, 0.1) is 6.33 Å². The van der Waals surface area contributed by atoms with Gasteiger partial charge in [-0.15, -0.1) is 0 Å². The molecule has 0 fully saturated rings. The van der Waals surface area contributed by atoms with Crippen molar-refractivity contribution in [3.8, 4) is 0 Å². The van der Waals surface area contributed by atoms with Crippen LogP contribution in [0.5, 0.6) is 0 Å². The highest BCUT2D eigenvalue weighted by Gasteiger charge is 2.14. The number of hydrogen-bond acceptors (Lipinski definition) is 3. The van der Waals surface area contributed by atoms with E-state index in [0.29, 0.717) is 29.5 Å². The highest BCUT2D eigenvalue weighted by molar-refractivity contribution is 5.69. The Balaban J connectivity index is 2.60. The van der Waals surface area contributed by atoms with Crippen molar-refractivity contribution in [3.63, 3.8) is 0 Å². The molecule has 1 N–H and O–H groups in total. The van der Waals surface area contributed by atoms with Gasteiger partial charge >= 0.3 is 5.69 Å². The van der Waals surface area contributed by atoms with Crippen LogP contribution in [-0.2, 0) is 13.1 Å². The van der Waals surface area contributed by atoms with Gasteiger partial charge in [0, 0.05) is 13.1 Å². The third-order valence-corrected chi connectivity index (χ3v) is 3.24. The van der Waals surface area contributed by atoms with Crippen LogP contribution in [0.15, 0.2) is 15.9 Å². The molecule has 0 aliphatic heterocycles. The van der Waals surface area contributed by atoms with Crippen molar-refractivity contribution >= 4 is 11.2 Å². The summed E-state index contributed by atoms with van der Waals surface area (Å²) in [6.07, 6.45) is 2.63. The van der Waals surface area contributed by atoms with E-state index in [1.807, 2.05) is 18.4 Å². The number of nitrogens with one attached hydrogen (secondary N) is 1. The monoisotopic (exact) mass is 278 g/mol. The molecule has 0 aromatic carbocycles. The lowest BCUT2D eigenvalue weighted by Crippen LogP contribution is -2.32. The van der Waals surface area contributed by atoms with Gasteiger partial charge in [-0.25, -0.2) is 9.78 Å². The Labute approximate surface area is 117 Å². The summed E-state index contributed by atoms with van der Waals surface area (Å²) in [5, 5.41) is 0. The highest BCUT2D eigenvalue weighted by Crippen LogP contribution is 2.11. The van der Waals surface area contributed by atoms with Crippen molar-refractivity contribution in [2.45, 2.75) is 47.2 Å². The maximum absolute atomic E-state index is 12.0. The predicted octanol–water partition coefficient (Wildman–Crippen LogP) is 1.59. The summed E-state index contributed by atoms with van der Waals surface area (Å²) in [6.45, 7) is 9.70. The molecule has 0 aliphatic carbocycles. The normalized spacial score (nSPS) is 11.9. The Kier molecular flexibility index (Phi) is 4.11. The molecule has 0 radical (unpaired) electrons. The first-order chi connectivity index (χ1) is 9.40. The zero-order valence-electron chi connectivity index (χ0n) is 12.5. The fourth-order valence-corrected chi connectivity index (χ4v) is 2.23. The second-order valence-corrected chi connectivity index (χ2v) is 6.06. The molecule has 6 nitrogen and oxygen atoms in total. The topological polar surface area (TPSA) is 72.7 Å². The average Bonchev–Trinajstić information content (AvgIpc) is 2.75. The summed E-state index contributed by atoms with van der Waals surface area (Å²) in [6, 6.07) is 0. The molecule has 0 saturated heterocycles. The molecule has 2 heterocycles. The van der Waals surface area contributed by atoms with Gasteiger partial charge in [0.25, 0.3) is 5.56 Å². The summed E-state index contributed by atoms with van der Waals surface area (Å²) >= 11 is 0. The van der Waals surface area contributed by atoms with Gasteiger partial charge < -0.3 is 4.57 Å². The lowest BCUT2D eigenvalue weighted by atomic mass is 10.1. The van der Waals surface area contributed by atoms with Crippen molar-refractivity contribution in [2.24, 2.45) is 11.8 Å². The number of aromatic nitrogens is 4. The summed E-state index contributed by atoms with van der Waals surface area (Å²) in [7, 11) is 0. The van der Waals surface area contributed by atoms with Crippen molar-refractivity contribution in [1.82, 2.24) is 19.1 Å². The Morgan fingerprint density at radius 2 is 1.90 bits per heavy atom. The van der Waals surface area contributed by atoms with Crippen molar-refractivity contribution in [3.05, 3.63) is 27.2 Å². The number of H-pyrrole nitrogens is 1. The molecule has 0 atom stereocenters. The van der Waals surface area contributed by atoms with Crippen molar-refractivity contribution in [2.75, 3.05) is 0 Å². The minimum atomic E-state index is -0.409. The molecule has 0 unspecified atom stereocenters. The number of imidazole rings is 1. The molecular weight excluding hydrogens is 256 g/mol. The first-order valence-corrected chi connectivity index (χ1v) is 7.08. The number of aromatic amines is 1. The van der Waals surface area contributed by atoms with Gasteiger partial charge in [0.15, 0.2) is 5.52 Å². The van der Waals surface area contributed by atoms with Crippen LogP contribution in [0, 0.1) is 11.8 Å². The number of aryl methyl sites for hydroxylation is 1. The summed E-state index contributed by atoms with van der Waals surface area (Å²) in [5.41, 5.74) is 0.206. The van der Waals surface area contributed by atoms with E-state index in [9.17, 15) is 9.59 Å². The van der Waals surface area contributed by atoms with E-state index in [-0.39, 0.29) is 5.69 Å². The molecule has 20 heavy (non-hydrogen) atoms. The van der Waals surface area contributed by atoms with Gasteiger partial charge in [-0.05, 0) is 18.3 Å². The highest BCUT2D eigenvalue weighted by atomic mass is 16.2. The van der Waals surface area contributed by atoms with Gasteiger partial charge in [0.1, 0.15) is 5.65 Å². The fraction of sp³-hybridized carbons (Fsp3) is 0.643. The van der Waals surface area contributed by atoms with E-state index < -0.39 is 5.56 Å². The van der Waals surface area contributed by atoms with Crippen LogP contribution in [0.3, 0.4) is 0 Å². The van der Waals surface area contributed by atoms with E-state index in [0.717, 1.165) is 13.0 Å². The average molecular weight is 278 g/mol. The third-order valence-electron chi connectivity index (χ3n) is 3.24. The van der Waals surface area contributed by atoms with Crippen LogP contribution < -0.4 is 11.2 Å². The van der Waals surface area contributed by atoms with Gasteiger partial charge in [-0.2, -0.15) is 0 Å². The molecule has 0 bridgehead atoms. The van der Waals surface area contributed by atoms with E-state index in [1.54, 1.807) is 10.9 Å². The summed E-state index contributed by atoms with van der Waals surface area (Å²) in [5.74, 6) is 0.870. The molecule has 0 aliphatic rings. The molecule has 2 aromatic rings. The van der Waals surface area contributed by atoms with E-state index in [4.69, 9.17) is 0 Å². The second kappa shape index (κ2) is 5.64. The summed E-state index contributed by atoms with van der Waals surface area (Å²) < 4.78 is 3.53. The Hall–Kier alpha value is -1.85. The quantitative estimate of drug-likeness (QED) is 0.902. The third kappa shape index (κ3) is 2.84. The van der Waals surface area contributed by atoms with Crippen LogP contribution in [0.1, 0.15) is 34.1 Å². The van der Waals surface area contributed by atoms with Crippen LogP contribution in [0.4, 0.5) is 0 Å². The van der Waals surface area contributed by atoms with Crippen LogP contribution >= 0.6 is 0 Å². The number of hydrogen-bond donors (Lipinski definition) is 1. The number of nitrogens with zero attached hydrogens (tertiary/aromatic N) is 3. The van der Waals surface area contributed by atoms with Crippen molar-refractivity contribution in [1.29, 1.82) is 0 Å². The maximum Gasteiger partial charge on any atom is 0.330 e. The van der Waals surface area contributed by atoms with E-state index >= 15 is 0 Å². The van der Waals surface area contributed by atoms with Crippen LogP contribution in [0.2, 0.25) is 0 Å². The number of fused-ring (bicyclic) bond motifs is 1. The molecule has 6 heteroatoms. The first kappa shape index (κ1) is 14.6. The second-order valence-electron chi connectivity index (χ2n) is 6.06. The Bertz CT molecular complexity index is 706. The lowest BCUT2D eigenvalue weighted by molar-refractivity contribution is 0.489. The molecule has 2 rings (SSSR count).